The van der Waals surface area contributed by atoms with Gasteiger partial charge in [0.2, 0.25) is 0 Å². The number of hydrogen-bond acceptors (Lipinski definition) is 4. The van der Waals surface area contributed by atoms with Crippen LogP contribution in [0.25, 0.3) is 0 Å². The SMILES string of the molecule is CC(C)(C)OC(=O)N[C@@H](Cc1c(Cc2ccccc2Cl)cc(O)cc1Cc1ccccc1Cl)C(=O)O. The zero-order chi connectivity index (χ0) is 26.5. The number of phenolic OH excluding ortho intramolecular Hbond substituents is 1. The second-order valence-corrected chi connectivity index (χ2v) is 10.3. The van der Waals surface area contributed by atoms with Gasteiger partial charge in [0.1, 0.15) is 17.4 Å². The number of carboxylic acids is 1. The van der Waals surface area contributed by atoms with E-state index in [0.29, 0.717) is 39.6 Å². The zero-order valence-corrected chi connectivity index (χ0v) is 21.9. The van der Waals surface area contributed by atoms with Gasteiger partial charge in [-0.3, -0.25) is 0 Å². The summed E-state index contributed by atoms with van der Waals surface area (Å²) in [5.41, 5.74) is 2.93. The number of nitrogens with one attached hydrogen (secondary N) is 1. The van der Waals surface area contributed by atoms with Gasteiger partial charge in [0.15, 0.2) is 0 Å². The van der Waals surface area contributed by atoms with E-state index in [1.807, 2.05) is 36.4 Å². The van der Waals surface area contributed by atoms with Gasteiger partial charge in [0, 0.05) is 16.5 Å². The van der Waals surface area contributed by atoms with E-state index < -0.39 is 23.7 Å². The van der Waals surface area contributed by atoms with E-state index in [-0.39, 0.29) is 12.2 Å². The number of carbonyl (C=O) groups excluding carboxylic acids is 1. The molecule has 0 saturated heterocycles. The summed E-state index contributed by atoms with van der Waals surface area (Å²) in [6, 6.07) is 16.6. The minimum Gasteiger partial charge on any atom is -0.508 e. The van der Waals surface area contributed by atoms with E-state index in [2.05, 4.69) is 5.32 Å². The van der Waals surface area contributed by atoms with E-state index in [0.717, 1.165) is 11.1 Å². The van der Waals surface area contributed by atoms with Crippen LogP contribution in [0.5, 0.6) is 5.75 Å². The molecule has 36 heavy (non-hydrogen) atoms. The van der Waals surface area contributed by atoms with Crippen LogP contribution in [0.15, 0.2) is 60.7 Å². The summed E-state index contributed by atoms with van der Waals surface area (Å²) in [5.74, 6) is -1.17. The summed E-state index contributed by atoms with van der Waals surface area (Å²) in [5, 5.41) is 24.1. The molecule has 0 aliphatic rings. The lowest BCUT2D eigenvalue weighted by molar-refractivity contribution is -0.139. The van der Waals surface area contributed by atoms with Crippen molar-refractivity contribution < 1.29 is 24.5 Å². The van der Waals surface area contributed by atoms with Gasteiger partial charge >= 0.3 is 12.1 Å². The lowest BCUT2D eigenvalue weighted by Gasteiger charge is -2.24. The highest BCUT2D eigenvalue weighted by Gasteiger charge is 2.27. The molecule has 0 unspecified atom stereocenters. The molecule has 8 heteroatoms. The zero-order valence-electron chi connectivity index (χ0n) is 20.3. The molecule has 0 radical (unpaired) electrons. The van der Waals surface area contributed by atoms with Crippen molar-refractivity contribution >= 4 is 35.3 Å². The number of hydrogen-bond donors (Lipinski definition) is 3. The largest absolute Gasteiger partial charge is 0.508 e. The van der Waals surface area contributed by atoms with Crippen LogP contribution in [-0.4, -0.2) is 33.9 Å². The molecule has 1 amide bonds. The Kier molecular flexibility index (Phi) is 8.88. The van der Waals surface area contributed by atoms with Crippen molar-refractivity contribution in [3.8, 4) is 5.75 Å². The van der Waals surface area contributed by atoms with Gasteiger partial charge in [-0.25, -0.2) is 9.59 Å². The highest BCUT2D eigenvalue weighted by molar-refractivity contribution is 6.31. The molecule has 3 rings (SSSR count). The molecule has 3 aromatic rings. The fourth-order valence-electron chi connectivity index (χ4n) is 3.90. The van der Waals surface area contributed by atoms with Crippen molar-refractivity contribution in [2.24, 2.45) is 0 Å². The summed E-state index contributed by atoms with van der Waals surface area (Å²) < 4.78 is 5.27. The lowest BCUT2D eigenvalue weighted by atomic mass is 9.88. The molecule has 0 bridgehead atoms. The molecule has 3 aromatic carbocycles. The van der Waals surface area contributed by atoms with E-state index in [9.17, 15) is 19.8 Å². The molecule has 3 N–H and O–H groups in total. The molecule has 0 saturated carbocycles. The molecular weight excluding hydrogens is 501 g/mol. The average molecular weight is 530 g/mol. The predicted molar refractivity (Wildman–Crippen MR) is 141 cm³/mol. The molecule has 0 aromatic heterocycles. The van der Waals surface area contributed by atoms with Crippen molar-refractivity contribution in [2.45, 2.75) is 51.7 Å². The van der Waals surface area contributed by atoms with Crippen LogP contribution in [0.3, 0.4) is 0 Å². The van der Waals surface area contributed by atoms with Gasteiger partial charge in [-0.05, 0) is 85.7 Å². The monoisotopic (exact) mass is 529 g/mol. The number of phenols is 1. The number of carbonyl (C=O) groups is 2. The maximum absolute atomic E-state index is 12.4. The first-order valence-electron chi connectivity index (χ1n) is 11.5. The van der Waals surface area contributed by atoms with Crippen molar-refractivity contribution in [1.82, 2.24) is 5.32 Å². The fourth-order valence-corrected chi connectivity index (χ4v) is 4.31. The summed E-state index contributed by atoms with van der Waals surface area (Å²) >= 11 is 12.8. The van der Waals surface area contributed by atoms with Crippen LogP contribution in [0.4, 0.5) is 4.79 Å². The first-order chi connectivity index (χ1) is 16.9. The molecule has 0 aliphatic heterocycles. The fraction of sp³-hybridized carbons (Fsp3) is 0.286. The van der Waals surface area contributed by atoms with Crippen LogP contribution >= 0.6 is 23.2 Å². The Morgan fingerprint density at radius 2 is 1.36 bits per heavy atom. The number of aromatic hydroxyl groups is 1. The standard InChI is InChI=1S/C28H29Cl2NO5/c1-28(2,3)36-27(35)31-25(26(33)34)16-22-19(12-17-8-4-6-10-23(17)29)14-21(32)15-20(22)13-18-9-5-7-11-24(18)30/h4-11,14-15,25,32H,12-13,16H2,1-3H3,(H,31,35)(H,33,34)/t25-/m0/s1. The van der Waals surface area contributed by atoms with E-state index >= 15 is 0 Å². The van der Waals surface area contributed by atoms with Crippen LogP contribution in [-0.2, 0) is 28.8 Å². The number of aliphatic carboxylic acids is 1. The summed E-state index contributed by atoms with van der Waals surface area (Å²) in [4.78, 5) is 24.5. The number of carboxylic acid groups (broad SMARTS) is 1. The Morgan fingerprint density at radius 3 is 1.78 bits per heavy atom. The third-order valence-corrected chi connectivity index (χ3v) is 6.23. The molecule has 1 atom stereocenters. The normalized spacial score (nSPS) is 12.1. The van der Waals surface area contributed by atoms with Crippen LogP contribution in [0.1, 0.15) is 48.6 Å². The van der Waals surface area contributed by atoms with Gasteiger partial charge in [0.05, 0.1) is 0 Å². The Hall–Kier alpha value is -3.22. The van der Waals surface area contributed by atoms with Gasteiger partial charge in [-0.2, -0.15) is 0 Å². The average Bonchev–Trinajstić information content (AvgIpc) is 2.77. The maximum atomic E-state index is 12.4. The third-order valence-electron chi connectivity index (χ3n) is 5.49. The molecule has 0 spiro atoms. The molecule has 190 valence electrons. The second kappa shape index (κ2) is 11.7. The number of rotatable bonds is 8. The van der Waals surface area contributed by atoms with Crippen LogP contribution in [0.2, 0.25) is 10.0 Å². The molecular formula is C28H29Cl2NO5. The van der Waals surface area contributed by atoms with Crippen molar-refractivity contribution in [2.75, 3.05) is 0 Å². The first-order valence-corrected chi connectivity index (χ1v) is 12.2. The van der Waals surface area contributed by atoms with Crippen molar-refractivity contribution in [3.63, 3.8) is 0 Å². The highest BCUT2D eigenvalue weighted by atomic mass is 35.5. The number of halogens is 2. The topological polar surface area (TPSA) is 95.9 Å². The third kappa shape index (κ3) is 7.64. The smallest absolute Gasteiger partial charge is 0.408 e. The van der Waals surface area contributed by atoms with Crippen LogP contribution < -0.4 is 5.32 Å². The first kappa shape index (κ1) is 27.4. The lowest BCUT2D eigenvalue weighted by Crippen LogP contribution is -2.45. The van der Waals surface area contributed by atoms with Crippen molar-refractivity contribution in [3.05, 3.63) is 98.5 Å². The number of benzene rings is 3. The number of amides is 1. The Labute approximate surface area is 220 Å². The van der Waals surface area contributed by atoms with E-state index in [1.165, 1.54) is 0 Å². The van der Waals surface area contributed by atoms with Crippen molar-refractivity contribution in [1.29, 1.82) is 0 Å². The Bertz CT molecular complexity index is 1180. The van der Waals surface area contributed by atoms with E-state index in [1.54, 1.807) is 45.0 Å². The van der Waals surface area contributed by atoms with Gasteiger partial charge in [0.25, 0.3) is 0 Å². The Morgan fingerprint density at radius 1 is 0.889 bits per heavy atom. The summed E-state index contributed by atoms with van der Waals surface area (Å²) in [6.45, 7) is 5.10. The Balaban J connectivity index is 2.06. The van der Waals surface area contributed by atoms with Gasteiger partial charge in [-0.1, -0.05) is 59.6 Å². The summed E-state index contributed by atoms with van der Waals surface area (Å²) in [6.07, 6.45) is -0.141. The second-order valence-electron chi connectivity index (χ2n) is 9.52. The summed E-state index contributed by atoms with van der Waals surface area (Å²) in [7, 11) is 0. The minimum absolute atomic E-state index is 0.0333. The molecule has 0 aliphatic carbocycles. The molecule has 6 nitrogen and oxygen atoms in total. The number of alkyl carbamates (subject to hydrolysis) is 1. The van der Waals surface area contributed by atoms with E-state index in [4.69, 9.17) is 27.9 Å². The van der Waals surface area contributed by atoms with Crippen LogP contribution in [0, 0.1) is 0 Å². The maximum Gasteiger partial charge on any atom is 0.408 e. The quantitative estimate of drug-likeness (QED) is 0.313. The predicted octanol–water partition coefficient (Wildman–Crippen LogP) is 6.40. The van der Waals surface area contributed by atoms with Gasteiger partial charge < -0.3 is 20.3 Å². The molecule has 0 heterocycles. The minimum atomic E-state index is -1.26. The van der Waals surface area contributed by atoms with Gasteiger partial charge in [-0.15, -0.1) is 0 Å². The highest BCUT2D eigenvalue weighted by Crippen LogP contribution is 2.31. The number of ether oxygens (including phenoxy) is 1. The molecule has 0 fully saturated rings.